The van der Waals surface area contributed by atoms with E-state index in [1.807, 2.05) is 17.0 Å². The molecule has 25 heavy (non-hydrogen) atoms. The third-order valence-corrected chi connectivity index (χ3v) is 4.90. The fraction of sp³-hybridized carbons (Fsp3) is 0.526. The number of carbonyl (C=O) groups is 1. The average Bonchev–Trinajstić information content (AvgIpc) is 3.12. The normalized spacial score (nSPS) is 17.7. The molecule has 0 bridgehead atoms. The summed E-state index contributed by atoms with van der Waals surface area (Å²) in [6, 6.07) is 7.24. The van der Waals surface area contributed by atoms with Gasteiger partial charge in [0.2, 0.25) is 17.6 Å². The highest BCUT2D eigenvalue weighted by Gasteiger charge is 2.31. The lowest BCUT2D eigenvalue weighted by Crippen LogP contribution is -2.38. The molecule has 0 aliphatic carbocycles. The average molecular weight is 362 g/mol. The number of halogens is 1. The SMILES string of the molecule is CCCCCC(=O)N1CCCC[C@H]1c1nc(-c2ccc(Cl)cc2)no1. The van der Waals surface area contributed by atoms with E-state index >= 15 is 0 Å². The van der Waals surface area contributed by atoms with E-state index in [0.29, 0.717) is 23.2 Å². The van der Waals surface area contributed by atoms with Crippen molar-refractivity contribution < 1.29 is 9.32 Å². The van der Waals surface area contributed by atoms with Crippen molar-refractivity contribution in [3.63, 3.8) is 0 Å². The van der Waals surface area contributed by atoms with Crippen LogP contribution in [0, 0.1) is 0 Å². The first-order chi connectivity index (χ1) is 12.2. The zero-order valence-corrected chi connectivity index (χ0v) is 15.3. The fourth-order valence-corrected chi connectivity index (χ4v) is 3.37. The molecule has 1 fully saturated rings. The van der Waals surface area contributed by atoms with Crippen LogP contribution in [-0.4, -0.2) is 27.5 Å². The Balaban J connectivity index is 1.74. The summed E-state index contributed by atoms with van der Waals surface area (Å²) in [5.74, 6) is 1.27. The summed E-state index contributed by atoms with van der Waals surface area (Å²) >= 11 is 5.92. The number of piperidine rings is 1. The molecule has 1 saturated heterocycles. The van der Waals surface area contributed by atoms with Crippen molar-refractivity contribution in [3.8, 4) is 11.4 Å². The van der Waals surface area contributed by atoms with Gasteiger partial charge in [-0.2, -0.15) is 4.98 Å². The minimum atomic E-state index is -0.101. The summed E-state index contributed by atoms with van der Waals surface area (Å²) in [6.07, 6.45) is 6.73. The van der Waals surface area contributed by atoms with E-state index in [1.54, 1.807) is 12.1 Å². The van der Waals surface area contributed by atoms with Gasteiger partial charge in [-0.25, -0.2) is 0 Å². The Hall–Kier alpha value is -1.88. The second kappa shape index (κ2) is 8.48. The van der Waals surface area contributed by atoms with Gasteiger partial charge in [-0.05, 0) is 49.9 Å². The summed E-state index contributed by atoms with van der Waals surface area (Å²) in [5.41, 5.74) is 0.857. The molecule has 1 aromatic heterocycles. The zero-order valence-electron chi connectivity index (χ0n) is 14.6. The van der Waals surface area contributed by atoms with Gasteiger partial charge in [-0.1, -0.05) is 36.5 Å². The van der Waals surface area contributed by atoms with E-state index in [2.05, 4.69) is 17.1 Å². The van der Waals surface area contributed by atoms with Crippen LogP contribution in [0.5, 0.6) is 0 Å². The Labute approximate surface area is 153 Å². The summed E-state index contributed by atoms with van der Waals surface area (Å²) in [7, 11) is 0. The van der Waals surface area contributed by atoms with Crippen molar-refractivity contribution >= 4 is 17.5 Å². The summed E-state index contributed by atoms with van der Waals surface area (Å²) in [4.78, 5) is 19.1. The third kappa shape index (κ3) is 4.40. The molecule has 1 aromatic carbocycles. The van der Waals surface area contributed by atoms with Crippen LogP contribution < -0.4 is 0 Å². The van der Waals surface area contributed by atoms with Gasteiger partial charge in [-0.15, -0.1) is 0 Å². The van der Waals surface area contributed by atoms with Crippen LogP contribution in [0.1, 0.15) is 63.8 Å². The maximum absolute atomic E-state index is 12.6. The Morgan fingerprint density at radius 3 is 2.84 bits per heavy atom. The number of benzene rings is 1. The van der Waals surface area contributed by atoms with Crippen LogP contribution >= 0.6 is 11.6 Å². The first-order valence-corrected chi connectivity index (χ1v) is 9.46. The minimum Gasteiger partial charge on any atom is -0.337 e. The lowest BCUT2D eigenvalue weighted by Gasteiger charge is -2.33. The van der Waals surface area contributed by atoms with E-state index in [9.17, 15) is 4.79 Å². The van der Waals surface area contributed by atoms with Gasteiger partial charge in [0.05, 0.1) is 0 Å². The molecule has 0 unspecified atom stereocenters. The highest BCUT2D eigenvalue weighted by molar-refractivity contribution is 6.30. The molecule has 5 nitrogen and oxygen atoms in total. The van der Waals surface area contributed by atoms with Crippen molar-refractivity contribution in [2.24, 2.45) is 0 Å². The molecule has 1 aliphatic rings. The molecular weight excluding hydrogens is 338 g/mol. The van der Waals surface area contributed by atoms with Crippen LogP contribution in [0.2, 0.25) is 5.02 Å². The number of rotatable bonds is 6. The van der Waals surface area contributed by atoms with E-state index < -0.39 is 0 Å². The van der Waals surface area contributed by atoms with Crippen LogP contribution in [0.15, 0.2) is 28.8 Å². The summed E-state index contributed by atoms with van der Waals surface area (Å²) < 4.78 is 5.51. The Kier molecular flexibility index (Phi) is 6.08. The number of carbonyl (C=O) groups excluding carboxylic acids is 1. The van der Waals surface area contributed by atoms with Crippen molar-refractivity contribution in [1.82, 2.24) is 15.0 Å². The molecule has 2 aromatic rings. The second-order valence-corrected chi connectivity index (χ2v) is 6.96. The topological polar surface area (TPSA) is 59.2 Å². The van der Waals surface area contributed by atoms with E-state index in [4.69, 9.17) is 16.1 Å². The summed E-state index contributed by atoms with van der Waals surface area (Å²) in [5, 5.41) is 4.76. The van der Waals surface area contributed by atoms with Crippen molar-refractivity contribution in [2.75, 3.05) is 6.54 Å². The predicted molar refractivity (Wildman–Crippen MR) is 97.2 cm³/mol. The lowest BCUT2D eigenvalue weighted by atomic mass is 10.0. The largest absolute Gasteiger partial charge is 0.337 e. The number of amides is 1. The molecule has 1 amide bonds. The van der Waals surface area contributed by atoms with Gasteiger partial charge in [0.1, 0.15) is 6.04 Å². The lowest BCUT2D eigenvalue weighted by molar-refractivity contribution is -0.135. The van der Waals surface area contributed by atoms with Gasteiger partial charge >= 0.3 is 0 Å². The number of nitrogens with zero attached hydrogens (tertiary/aromatic N) is 3. The smallest absolute Gasteiger partial charge is 0.249 e. The molecule has 0 radical (unpaired) electrons. The fourth-order valence-electron chi connectivity index (χ4n) is 3.24. The van der Waals surface area contributed by atoms with E-state index in [1.165, 1.54) is 0 Å². The van der Waals surface area contributed by atoms with Crippen LogP contribution in [0.4, 0.5) is 0 Å². The van der Waals surface area contributed by atoms with Gasteiger partial charge in [0.25, 0.3) is 0 Å². The molecule has 6 heteroatoms. The second-order valence-electron chi connectivity index (χ2n) is 6.52. The Morgan fingerprint density at radius 2 is 2.08 bits per heavy atom. The molecule has 0 N–H and O–H groups in total. The molecule has 1 aliphatic heterocycles. The minimum absolute atomic E-state index is 0.101. The molecule has 134 valence electrons. The number of hydrogen-bond acceptors (Lipinski definition) is 4. The maximum atomic E-state index is 12.6. The van der Waals surface area contributed by atoms with Crippen molar-refractivity contribution in [2.45, 2.75) is 57.9 Å². The van der Waals surface area contributed by atoms with Gasteiger partial charge in [0, 0.05) is 23.6 Å². The summed E-state index contributed by atoms with van der Waals surface area (Å²) in [6.45, 7) is 2.92. The van der Waals surface area contributed by atoms with Gasteiger partial charge in [0.15, 0.2) is 0 Å². The first kappa shape index (κ1) is 17.9. The number of likely N-dealkylation sites (tertiary alicyclic amines) is 1. The van der Waals surface area contributed by atoms with Gasteiger partial charge in [-0.3, -0.25) is 4.79 Å². The molecule has 2 heterocycles. The molecule has 3 rings (SSSR count). The van der Waals surface area contributed by atoms with E-state index in [-0.39, 0.29) is 11.9 Å². The highest BCUT2D eigenvalue weighted by atomic mass is 35.5. The van der Waals surface area contributed by atoms with Crippen LogP contribution in [0.3, 0.4) is 0 Å². The zero-order chi connectivity index (χ0) is 17.6. The van der Waals surface area contributed by atoms with Crippen LogP contribution in [0.25, 0.3) is 11.4 Å². The van der Waals surface area contributed by atoms with Crippen molar-refractivity contribution in [1.29, 1.82) is 0 Å². The Morgan fingerprint density at radius 1 is 1.28 bits per heavy atom. The molecular formula is C19H24ClN3O2. The highest BCUT2D eigenvalue weighted by Crippen LogP contribution is 2.32. The molecule has 0 saturated carbocycles. The number of aromatic nitrogens is 2. The van der Waals surface area contributed by atoms with E-state index in [0.717, 1.165) is 50.6 Å². The number of hydrogen-bond donors (Lipinski definition) is 0. The number of unbranched alkanes of at least 4 members (excludes halogenated alkanes) is 2. The Bertz CT molecular complexity index is 699. The van der Waals surface area contributed by atoms with Crippen LogP contribution in [-0.2, 0) is 4.79 Å². The monoisotopic (exact) mass is 361 g/mol. The third-order valence-electron chi connectivity index (χ3n) is 4.65. The molecule has 0 spiro atoms. The maximum Gasteiger partial charge on any atom is 0.249 e. The molecule has 1 atom stereocenters. The predicted octanol–water partition coefficient (Wildman–Crippen LogP) is 5.02. The quantitative estimate of drug-likeness (QED) is 0.677. The first-order valence-electron chi connectivity index (χ1n) is 9.08. The standard InChI is InChI=1S/C19H24ClN3O2/c1-2-3-4-8-17(24)23-13-6-5-7-16(23)19-21-18(22-25-19)14-9-11-15(20)12-10-14/h9-12,16H,2-8,13H2,1H3/t16-/m0/s1. The van der Waals surface area contributed by atoms with Gasteiger partial charge < -0.3 is 9.42 Å². The van der Waals surface area contributed by atoms with Crippen molar-refractivity contribution in [3.05, 3.63) is 35.2 Å².